The number of nitrogens with one attached hydrogen (secondary N) is 1. The maximum Gasteiger partial charge on any atom is 0.332 e. The van der Waals surface area contributed by atoms with E-state index in [9.17, 15) is 18.0 Å². The number of hydrogen-bond acceptors (Lipinski definition) is 6. The van der Waals surface area contributed by atoms with Gasteiger partial charge in [-0.25, -0.2) is 13.2 Å². The van der Waals surface area contributed by atoms with Crippen molar-refractivity contribution in [3.63, 3.8) is 0 Å². The van der Waals surface area contributed by atoms with Crippen LogP contribution in [0.25, 0.3) is 11.2 Å². The van der Waals surface area contributed by atoms with Crippen LogP contribution in [0, 0.1) is 0 Å². The van der Waals surface area contributed by atoms with Gasteiger partial charge in [-0.05, 0) is 39.2 Å². The summed E-state index contributed by atoms with van der Waals surface area (Å²) in [5.41, 5.74) is -0.0342. The summed E-state index contributed by atoms with van der Waals surface area (Å²) in [6.45, 7) is 3.14. The highest BCUT2D eigenvalue weighted by molar-refractivity contribution is 7.93. The van der Waals surface area contributed by atoms with E-state index in [4.69, 9.17) is 16.7 Å². The number of fused-ring (bicyclic) bond motifs is 1. The fourth-order valence-corrected chi connectivity index (χ4v) is 4.07. The summed E-state index contributed by atoms with van der Waals surface area (Å²) in [4.78, 5) is 30.2. The Morgan fingerprint density at radius 2 is 1.94 bits per heavy atom. The number of rotatable bonds is 8. The van der Waals surface area contributed by atoms with E-state index in [2.05, 4.69) is 9.71 Å². The van der Waals surface area contributed by atoms with E-state index >= 15 is 0 Å². The number of aromatic nitrogens is 4. The number of aryl methyl sites for hydroxylation is 1. The highest BCUT2D eigenvalue weighted by Crippen LogP contribution is 2.25. The van der Waals surface area contributed by atoms with E-state index in [1.165, 1.54) is 30.0 Å². The minimum absolute atomic E-state index is 0.0303. The van der Waals surface area contributed by atoms with E-state index < -0.39 is 26.5 Å². The first-order valence-corrected chi connectivity index (χ1v) is 11.9. The standard InChI is InChI=1S/C19H26ClN5O5S/c1-12(2)31(29,30)22-18-21-16-15(25(18)11-13-5-7-14(20)8-6-13)17(27)24(9-4-10-26)19(28)23(16)3/h5,7,12,26H,4,6,8-11H2,1-3H3,(H,21,22). The van der Waals surface area contributed by atoms with Crippen molar-refractivity contribution in [2.75, 3.05) is 11.3 Å². The maximum absolute atomic E-state index is 13.2. The topological polar surface area (TPSA) is 128 Å². The van der Waals surface area contributed by atoms with E-state index in [0.717, 1.165) is 10.1 Å². The lowest BCUT2D eigenvalue weighted by atomic mass is 10.1. The number of sulfonamides is 1. The molecule has 10 nitrogen and oxygen atoms in total. The molecule has 2 aromatic rings. The minimum atomic E-state index is -3.75. The molecule has 12 heteroatoms. The second-order valence-electron chi connectivity index (χ2n) is 7.70. The highest BCUT2D eigenvalue weighted by atomic mass is 35.5. The number of hydrogen-bond donors (Lipinski definition) is 2. The lowest BCUT2D eigenvalue weighted by molar-refractivity contribution is 0.277. The Hall–Kier alpha value is -2.37. The van der Waals surface area contributed by atoms with Crippen molar-refractivity contribution in [3.8, 4) is 0 Å². The molecule has 170 valence electrons. The van der Waals surface area contributed by atoms with Gasteiger partial charge in [0.2, 0.25) is 16.0 Å². The lowest BCUT2D eigenvalue weighted by Gasteiger charge is -2.16. The van der Waals surface area contributed by atoms with Crippen LogP contribution in [0.2, 0.25) is 0 Å². The molecule has 0 saturated heterocycles. The van der Waals surface area contributed by atoms with Crippen molar-refractivity contribution in [3.05, 3.63) is 43.6 Å². The Morgan fingerprint density at radius 3 is 2.52 bits per heavy atom. The van der Waals surface area contributed by atoms with Gasteiger partial charge in [0.1, 0.15) is 0 Å². The lowest BCUT2D eigenvalue weighted by Crippen LogP contribution is -2.40. The minimum Gasteiger partial charge on any atom is -0.396 e. The molecular formula is C19H26ClN5O5S. The Bertz CT molecular complexity index is 1280. The molecule has 31 heavy (non-hydrogen) atoms. The van der Waals surface area contributed by atoms with Crippen molar-refractivity contribution in [1.29, 1.82) is 0 Å². The summed E-state index contributed by atoms with van der Waals surface area (Å²) >= 11 is 6.04. The fourth-order valence-electron chi connectivity index (χ4n) is 3.26. The maximum atomic E-state index is 13.2. The van der Waals surface area contributed by atoms with E-state index in [0.29, 0.717) is 17.9 Å². The number of nitrogens with zero attached hydrogens (tertiary/aromatic N) is 4. The number of aliphatic hydroxyl groups excluding tert-OH is 1. The number of halogens is 1. The van der Waals surface area contributed by atoms with Crippen LogP contribution in [0.5, 0.6) is 0 Å². The molecule has 2 heterocycles. The molecule has 0 radical (unpaired) electrons. The van der Waals surface area contributed by atoms with Crippen LogP contribution in [0.4, 0.5) is 5.95 Å². The molecule has 0 atom stereocenters. The Balaban J connectivity index is 2.27. The van der Waals surface area contributed by atoms with Gasteiger partial charge in [0.05, 0.1) is 5.25 Å². The van der Waals surface area contributed by atoms with Crippen LogP contribution in [-0.2, 0) is 30.2 Å². The van der Waals surface area contributed by atoms with Crippen LogP contribution in [0.15, 0.2) is 32.3 Å². The van der Waals surface area contributed by atoms with Crippen LogP contribution in [-0.4, -0.2) is 44.1 Å². The molecule has 0 aliphatic heterocycles. The largest absolute Gasteiger partial charge is 0.396 e. The van der Waals surface area contributed by atoms with Crippen molar-refractivity contribution in [1.82, 2.24) is 18.7 Å². The normalized spacial score (nSPS) is 14.8. The Labute approximate surface area is 184 Å². The zero-order chi connectivity index (χ0) is 22.9. The Morgan fingerprint density at radius 1 is 1.23 bits per heavy atom. The molecule has 3 rings (SSSR count). The third-order valence-electron chi connectivity index (χ3n) is 5.17. The monoisotopic (exact) mass is 471 g/mol. The van der Waals surface area contributed by atoms with Crippen molar-refractivity contribution < 1.29 is 13.5 Å². The van der Waals surface area contributed by atoms with Gasteiger partial charge >= 0.3 is 5.69 Å². The van der Waals surface area contributed by atoms with Crippen LogP contribution < -0.4 is 16.0 Å². The highest BCUT2D eigenvalue weighted by Gasteiger charge is 2.25. The molecule has 0 fully saturated rings. The molecule has 0 amide bonds. The van der Waals surface area contributed by atoms with Gasteiger partial charge in [-0.2, -0.15) is 4.98 Å². The van der Waals surface area contributed by atoms with E-state index in [-0.39, 0.29) is 43.2 Å². The number of aliphatic hydroxyl groups is 1. The summed E-state index contributed by atoms with van der Waals surface area (Å²) in [5, 5.41) is 9.12. The summed E-state index contributed by atoms with van der Waals surface area (Å²) in [5.74, 6) is -0.0303. The van der Waals surface area contributed by atoms with E-state index in [1.54, 1.807) is 6.08 Å². The fraction of sp³-hybridized carbons (Fsp3) is 0.526. The third kappa shape index (κ3) is 4.63. The number of imidazole rings is 1. The summed E-state index contributed by atoms with van der Waals surface area (Å²) < 4.78 is 31.2. The van der Waals surface area contributed by atoms with Crippen LogP contribution in [0.1, 0.15) is 33.1 Å². The van der Waals surface area contributed by atoms with Crippen LogP contribution in [0.3, 0.4) is 0 Å². The molecule has 1 aliphatic carbocycles. The summed E-state index contributed by atoms with van der Waals surface area (Å²) in [6, 6.07) is 0. The van der Waals surface area contributed by atoms with Gasteiger partial charge in [-0.1, -0.05) is 23.3 Å². The first-order chi connectivity index (χ1) is 14.6. The third-order valence-corrected chi connectivity index (χ3v) is 7.20. The summed E-state index contributed by atoms with van der Waals surface area (Å²) in [7, 11) is -2.27. The quantitative estimate of drug-likeness (QED) is 0.596. The van der Waals surface area contributed by atoms with E-state index in [1.807, 2.05) is 6.08 Å². The van der Waals surface area contributed by atoms with Gasteiger partial charge in [-0.15, -0.1) is 0 Å². The molecule has 0 saturated carbocycles. The average molecular weight is 472 g/mol. The smallest absolute Gasteiger partial charge is 0.332 e. The predicted molar refractivity (Wildman–Crippen MR) is 120 cm³/mol. The molecule has 2 aromatic heterocycles. The van der Waals surface area contributed by atoms with Crippen molar-refractivity contribution in [2.24, 2.45) is 7.05 Å². The van der Waals surface area contributed by atoms with Crippen LogP contribution >= 0.6 is 11.6 Å². The number of allylic oxidation sites excluding steroid dienone is 4. The van der Waals surface area contributed by atoms with Crippen molar-refractivity contribution in [2.45, 2.75) is 51.4 Å². The SMILES string of the molecule is CC(C)S(=O)(=O)Nc1nc2c(c(=O)n(CCCO)c(=O)n2C)n1CC1=CC=C(Cl)CC1. The molecule has 0 spiro atoms. The number of anilines is 1. The van der Waals surface area contributed by atoms with Crippen molar-refractivity contribution >= 4 is 38.7 Å². The predicted octanol–water partition coefficient (Wildman–Crippen LogP) is 1.27. The second kappa shape index (κ2) is 9.01. The molecule has 0 unspecified atom stereocenters. The summed E-state index contributed by atoms with van der Waals surface area (Å²) in [6.07, 6.45) is 5.13. The zero-order valence-corrected chi connectivity index (χ0v) is 19.2. The zero-order valence-electron chi connectivity index (χ0n) is 17.6. The first-order valence-electron chi connectivity index (χ1n) is 9.93. The molecule has 2 N–H and O–H groups in total. The molecular weight excluding hydrogens is 446 g/mol. The first kappa shape index (κ1) is 23.3. The van der Waals surface area contributed by atoms with Gasteiger partial charge < -0.3 is 5.11 Å². The Kier molecular flexibility index (Phi) is 6.77. The van der Waals surface area contributed by atoms with Gasteiger partial charge in [0.25, 0.3) is 5.56 Å². The van der Waals surface area contributed by atoms with Gasteiger partial charge in [-0.3, -0.25) is 23.2 Å². The van der Waals surface area contributed by atoms with Gasteiger partial charge in [0, 0.05) is 31.8 Å². The van der Waals surface area contributed by atoms with Gasteiger partial charge in [0.15, 0.2) is 11.2 Å². The molecule has 0 bridgehead atoms. The molecule has 0 aromatic carbocycles. The average Bonchev–Trinajstić information content (AvgIpc) is 3.05. The second-order valence-corrected chi connectivity index (χ2v) is 10.4. The molecule has 1 aliphatic rings.